The van der Waals surface area contributed by atoms with E-state index >= 15 is 0 Å². The van der Waals surface area contributed by atoms with Crippen LogP contribution in [0.15, 0.2) is 0 Å². The van der Waals surface area contributed by atoms with Gasteiger partial charge in [-0.05, 0) is 26.7 Å². The summed E-state index contributed by atoms with van der Waals surface area (Å²) in [6, 6.07) is 0. The highest BCUT2D eigenvalue weighted by Crippen LogP contribution is 2.30. The van der Waals surface area contributed by atoms with Gasteiger partial charge in [0.15, 0.2) is 0 Å². The summed E-state index contributed by atoms with van der Waals surface area (Å²) in [6.45, 7) is 7.42. The Hall–Kier alpha value is -0.0200. The second-order valence-electron chi connectivity index (χ2n) is 5.77. The lowest BCUT2D eigenvalue weighted by atomic mass is 10.0. The van der Waals surface area contributed by atoms with E-state index in [9.17, 15) is 4.79 Å². The number of hydrogen-bond donors (Lipinski definition) is 0. The van der Waals surface area contributed by atoms with E-state index in [1.165, 1.54) is 18.6 Å². The van der Waals surface area contributed by atoms with E-state index in [2.05, 4.69) is 18.7 Å². The van der Waals surface area contributed by atoms with Crippen LogP contribution in [-0.4, -0.2) is 40.8 Å². The lowest BCUT2D eigenvalue weighted by Crippen LogP contribution is -2.45. The topological polar surface area (TPSA) is 20.3 Å². The highest BCUT2D eigenvalue weighted by Gasteiger charge is 2.30. The van der Waals surface area contributed by atoms with Crippen molar-refractivity contribution in [1.29, 1.82) is 0 Å². The molecule has 0 N–H and O–H groups in total. The summed E-state index contributed by atoms with van der Waals surface area (Å²) in [4.78, 5) is 14.4. The molecule has 0 atom stereocenters. The normalized spacial score (nSPS) is 27.1. The first-order chi connectivity index (χ1) is 7.57. The van der Waals surface area contributed by atoms with Gasteiger partial charge in [-0.15, -0.1) is 0 Å². The highest BCUT2D eigenvalue weighted by molar-refractivity contribution is 8.00. The van der Waals surface area contributed by atoms with Crippen LogP contribution in [0.1, 0.15) is 39.5 Å². The Labute approximate surface area is 103 Å². The van der Waals surface area contributed by atoms with Crippen LogP contribution in [0.5, 0.6) is 0 Å². The van der Waals surface area contributed by atoms with E-state index in [0.29, 0.717) is 23.0 Å². The number of thioether (sulfide) groups is 1. The van der Waals surface area contributed by atoms with Gasteiger partial charge in [0.2, 0.25) is 0 Å². The average Bonchev–Trinajstić information content (AvgIpc) is 2.68. The fraction of sp³-hybridized carbons (Fsp3) is 0.923. The van der Waals surface area contributed by atoms with Crippen molar-refractivity contribution in [3.05, 3.63) is 0 Å². The van der Waals surface area contributed by atoms with Crippen molar-refractivity contribution in [2.75, 3.05) is 25.4 Å². The molecule has 2 rings (SSSR count). The summed E-state index contributed by atoms with van der Waals surface area (Å²) in [5.74, 6) is 2.06. The molecule has 3 heteroatoms. The fourth-order valence-corrected chi connectivity index (χ4v) is 4.02. The first-order valence-corrected chi connectivity index (χ1v) is 7.44. The van der Waals surface area contributed by atoms with Gasteiger partial charge in [-0.25, -0.2) is 0 Å². The molecule has 0 radical (unpaired) electrons. The predicted molar refractivity (Wildman–Crippen MR) is 69.9 cm³/mol. The van der Waals surface area contributed by atoms with Gasteiger partial charge in [-0.1, -0.05) is 12.8 Å². The molecule has 1 aliphatic carbocycles. The molecule has 92 valence electrons. The maximum absolute atomic E-state index is 12.1. The molecular weight excluding hydrogens is 218 g/mol. The second-order valence-corrected chi connectivity index (χ2v) is 7.57. The smallest absolute Gasteiger partial charge is 0.149 e. The van der Waals surface area contributed by atoms with E-state index in [-0.39, 0.29) is 0 Å². The number of ketones is 1. The Kier molecular flexibility index (Phi) is 3.96. The van der Waals surface area contributed by atoms with Crippen LogP contribution in [0, 0.1) is 5.92 Å². The Morgan fingerprint density at radius 1 is 1.38 bits per heavy atom. The second kappa shape index (κ2) is 5.09. The van der Waals surface area contributed by atoms with Gasteiger partial charge in [-0.3, -0.25) is 9.69 Å². The lowest BCUT2D eigenvalue weighted by molar-refractivity contribution is -0.123. The van der Waals surface area contributed by atoms with Crippen molar-refractivity contribution in [3.63, 3.8) is 0 Å². The molecule has 0 aromatic carbocycles. The summed E-state index contributed by atoms with van der Waals surface area (Å²) in [6.07, 6.45) is 4.81. The largest absolute Gasteiger partial charge is 0.298 e. The van der Waals surface area contributed by atoms with Gasteiger partial charge in [0, 0.05) is 29.5 Å². The molecule has 1 saturated carbocycles. The monoisotopic (exact) mass is 241 g/mol. The van der Waals surface area contributed by atoms with Crippen LogP contribution in [0.4, 0.5) is 0 Å². The van der Waals surface area contributed by atoms with Crippen LogP contribution < -0.4 is 0 Å². The average molecular weight is 241 g/mol. The van der Waals surface area contributed by atoms with Crippen molar-refractivity contribution in [3.8, 4) is 0 Å². The van der Waals surface area contributed by atoms with Crippen molar-refractivity contribution in [1.82, 2.24) is 4.90 Å². The molecule has 0 unspecified atom stereocenters. The van der Waals surface area contributed by atoms with E-state index in [1.54, 1.807) is 0 Å². The molecule has 0 amide bonds. The first kappa shape index (κ1) is 12.4. The molecule has 0 spiro atoms. The molecule has 1 heterocycles. The summed E-state index contributed by atoms with van der Waals surface area (Å²) < 4.78 is 0.328. The number of nitrogens with zero attached hydrogens (tertiary/aromatic N) is 1. The summed E-state index contributed by atoms with van der Waals surface area (Å²) in [7, 11) is 0. The maximum Gasteiger partial charge on any atom is 0.149 e. The zero-order valence-corrected chi connectivity index (χ0v) is 11.3. The van der Waals surface area contributed by atoms with Gasteiger partial charge in [0.05, 0.1) is 6.54 Å². The van der Waals surface area contributed by atoms with E-state index in [4.69, 9.17) is 0 Å². The maximum atomic E-state index is 12.1. The first-order valence-electron chi connectivity index (χ1n) is 6.46. The van der Waals surface area contributed by atoms with E-state index in [1.807, 2.05) is 11.8 Å². The predicted octanol–water partition coefficient (Wildman–Crippen LogP) is 2.57. The summed E-state index contributed by atoms with van der Waals surface area (Å²) in [5, 5.41) is 0. The van der Waals surface area contributed by atoms with Crippen LogP contribution in [-0.2, 0) is 4.79 Å². The molecule has 2 aliphatic rings. The van der Waals surface area contributed by atoms with Gasteiger partial charge < -0.3 is 0 Å². The zero-order chi connectivity index (χ0) is 11.6. The number of carbonyl (C=O) groups excluding carboxylic acids is 1. The SMILES string of the molecule is CC1(C)CN(CC(=O)C2CCCC2)CCS1. The zero-order valence-electron chi connectivity index (χ0n) is 10.5. The van der Waals surface area contributed by atoms with Crippen LogP contribution in [0.2, 0.25) is 0 Å². The molecule has 16 heavy (non-hydrogen) atoms. The van der Waals surface area contributed by atoms with Gasteiger partial charge in [-0.2, -0.15) is 11.8 Å². The summed E-state index contributed by atoms with van der Waals surface area (Å²) >= 11 is 2.03. The molecule has 0 aromatic rings. The van der Waals surface area contributed by atoms with Crippen LogP contribution >= 0.6 is 11.8 Å². The number of carbonyl (C=O) groups is 1. The highest BCUT2D eigenvalue weighted by atomic mass is 32.2. The molecule has 1 aliphatic heterocycles. The third-order valence-corrected chi connectivity index (χ3v) is 4.99. The van der Waals surface area contributed by atoms with Gasteiger partial charge in [0.1, 0.15) is 5.78 Å². The van der Waals surface area contributed by atoms with Gasteiger partial charge >= 0.3 is 0 Å². The number of Topliss-reactive ketones (excluding diaryl/α,β-unsaturated/α-hetero) is 1. The minimum atomic E-state index is 0.328. The minimum Gasteiger partial charge on any atom is -0.298 e. The molecular formula is C13H23NOS. The van der Waals surface area contributed by atoms with Gasteiger partial charge in [0.25, 0.3) is 0 Å². The fourth-order valence-electron chi connectivity index (χ4n) is 2.85. The van der Waals surface area contributed by atoms with E-state index in [0.717, 1.165) is 25.9 Å². The van der Waals surface area contributed by atoms with Crippen molar-refractivity contribution in [2.24, 2.45) is 5.92 Å². The molecule has 2 fully saturated rings. The van der Waals surface area contributed by atoms with E-state index < -0.39 is 0 Å². The van der Waals surface area contributed by atoms with Crippen molar-refractivity contribution in [2.45, 2.75) is 44.3 Å². The Morgan fingerprint density at radius 2 is 2.06 bits per heavy atom. The molecule has 0 bridgehead atoms. The molecule has 0 aromatic heterocycles. The summed E-state index contributed by atoms with van der Waals surface area (Å²) in [5.41, 5.74) is 0. The number of hydrogen-bond acceptors (Lipinski definition) is 3. The quantitative estimate of drug-likeness (QED) is 0.757. The molecule has 1 saturated heterocycles. The van der Waals surface area contributed by atoms with Crippen LogP contribution in [0.25, 0.3) is 0 Å². The third kappa shape index (κ3) is 3.24. The Balaban J connectivity index is 1.82. The molecule has 2 nitrogen and oxygen atoms in total. The Bertz CT molecular complexity index is 259. The minimum absolute atomic E-state index is 0.328. The van der Waals surface area contributed by atoms with Crippen LogP contribution in [0.3, 0.4) is 0 Å². The number of rotatable bonds is 3. The van der Waals surface area contributed by atoms with Crippen molar-refractivity contribution < 1.29 is 4.79 Å². The standard InChI is InChI=1S/C13H23NOS/c1-13(2)10-14(7-8-16-13)9-12(15)11-5-3-4-6-11/h11H,3-10H2,1-2H3. The third-order valence-electron chi connectivity index (χ3n) is 3.69. The van der Waals surface area contributed by atoms with Crippen molar-refractivity contribution >= 4 is 17.5 Å². The Morgan fingerprint density at radius 3 is 2.69 bits per heavy atom. The lowest BCUT2D eigenvalue weighted by Gasteiger charge is -2.37.